The van der Waals surface area contributed by atoms with Crippen LogP contribution in [-0.2, 0) is 0 Å². The number of hydrogen-bond acceptors (Lipinski definition) is 4. The van der Waals surface area contributed by atoms with Crippen LogP contribution in [0, 0.1) is 0 Å². The molecule has 10 aromatic rings. The summed E-state index contributed by atoms with van der Waals surface area (Å²) in [5.41, 5.74) is 9.54. The van der Waals surface area contributed by atoms with Gasteiger partial charge < -0.3 is 4.42 Å². The van der Waals surface area contributed by atoms with Crippen molar-refractivity contribution < 1.29 is 4.42 Å². The molecule has 4 nitrogen and oxygen atoms in total. The molecule has 1 aliphatic carbocycles. The Balaban J connectivity index is 1.20. The highest BCUT2D eigenvalue weighted by Crippen LogP contribution is 2.49. The van der Waals surface area contributed by atoms with E-state index >= 15 is 0 Å². The number of aromatic nitrogens is 3. The maximum Gasteiger partial charge on any atom is 0.164 e. The first kappa shape index (κ1) is 26.4. The Labute approximate surface area is 281 Å². The topological polar surface area (TPSA) is 51.8 Å². The first-order chi connectivity index (χ1) is 24.3. The highest BCUT2D eigenvalue weighted by Gasteiger charge is 2.24. The minimum absolute atomic E-state index is 0.613. The number of fused-ring (bicyclic) bond motifs is 10. The highest BCUT2D eigenvalue weighted by atomic mass is 16.3. The predicted octanol–water partition coefficient (Wildman–Crippen LogP) is 11.9. The SMILES string of the molecule is c1ccc(-c2nc(-c3ccc4c5c(cccc35)-c3ccccc3-4)nc(-c3cccc4oc5c(ccc6ccc7ccccc7c65)c34)n2)cc1. The van der Waals surface area contributed by atoms with Crippen LogP contribution in [0.2, 0.25) is 0 Å². The number of rotatable bonds is 3. The van der Waals surface area contributed by atoms with Crippen LogP contribution >= 0.6 is 0 Å². The fraction of sp³-hybridized carbons (Fsp3) is 0. The Morgan fingerprint density at radius 2 is 0.939 bits per heavy atom. The third kappa shape index (κ3) is 3.77. The third-order valence-corrected chi connectivity index (χ3v) is 10.1. The van der Waals surface area contributed by atoms with Gasteiger partial charge in [-0.25, -0.2) is 15.0 Å². The fourth-order valence-electron chi connectivity index (χ4n) is 7.89. The normalized spacial score (nSPS) is 12.1. The number of nitrogens with zero attached hydrogens (tertiary/aromatic N) is 3. The summed E-state index contributed by atoms with van der Waals surface area (Å²) in [7, 11) is 0. The lowest BCUT2D eigenvalue weighted by atomic mass is 9.97. The molecular weight excluding hydrogens is 599 g/mol. The van der Waals surface area contributed by atoms with Crippen molar-refractivity contribution in [2.24, 2.45) is 0 Å². The standard InChI is InChI=1S/C45H25N3O/c1-2-11-28(12-3-1)43-46-44(35-25-24-34-31-15-7-6-14-30(31)32-16-8-17-33(35)40(32)34)48-45(47-43)37-18-9-19-38-41(37)36-23-22-27-21-20-26-10-4-5-13-29(26)39(27)42(36)49-38/h1-25H. The summed E-state index contributed by atoms with van der Waals surface area (Å²) in [4.78, 5) is 15.5. The average Bonchev–Trinajstić information content (AvgIpc) is 3.72. The molecule has 11 rings (SSSR count). The van der Waals surface area contributed by atoms with Crippen LogP contribution in [0.15, 0.2) is 156 Å². The van der Waals surface area contributed by atoms with Crippen molar-refractivity contribution >= 4 is 54.3 Å². The minimum atomic E-state index is 0.613. The quantitative estimate of drug-likeness (QED) is 0.184. The molecule has 0 N–H and O–H groups in total. The zero-order chi connectivity index (χ0) is 32.1. The third-order valence-electron chi connectivity index (χ3n) is 10.1. The van der Waals surface area contributed by atoms with Crippen molar-refractivity contribution in [1.29, 1.82) is 0 Å². The second-order valence-corrected chi connectivity index (χ2v) is 12.7. The van der Waals surface area contributed by atoms with Crippen LogP contribution < -0.4 is 0 Å². The lowest BCUT2D eigenvalue weighted by Crippen LogP contribution is -2.01. The lowest BCUT2D eigenvalue weighted by Gasteiger charge is -2.12. The Bertz CT molecular complexity index is 2970. The van der Waals surface area contributed by atoms with E-state index < -0.39 is 0 Å². The van der Waals surface area contributed by atoms with Gasteiger partial charge in [-0.2, -0.15) is 0 Å². The predicted molar refractivity (Wildman–Crippen MR) is 200 cm³/mol. The van der Waals surface area contributed by atoms with E-state index in [1.54, 1.807) is 0 Å². The second kappa shape index (κ2) is 9.93. The summed E-state index contributed by atoms with van der Waals surface area (Å²) < 4.78 is 6.72. The summed E-state index contributed by atoms with van der Waals surface area (Å²) >= 11 is 0. The van der Waals surface area contributed by atoms with Gasteiger partial charge in [-0.05, 0) is 67.4 Å². The van der Waals surface area contributed by atoms with E-state index in [2.05, 4.69) is 121 Å². The van der Waals surface area contributed by atoms with Crippen molar-refractivity contribution in [3.8, 4) is 56.4 Å². The monoisotopic (exact) mass is 623 g/mol. The molecule has 0 radical (unpaired) electrons. The van der Waals surface area contributed by atoms with Crippen LogP contribution in [0.3, 0.4) is 0 Å². The molecule has 0 atom stereocenters. The maximum absolute atomic E-state index is 6.72. The van der Waals surface area contributed by atoms with Crippen molar-refractivity contribution in [1.82, 2.24) is 15.0 Å². The minimum Gasteiger partial charge on any atom is -0.455 e. The Morgan fingerprint density at radius 3 is 1.82 bits per heavy atom. The van der Waals surface area contributed by atoms with E-state index in [9.17, 15) is 0 Å². The van der Waals surface area contributed by atoms with Gasteiger partial charge in [-0.15, -0.1) is 0 Å². The Kier molecular flexibility index (Phi) is 5.35. The molecule has 0 unspecified atom stereocenters. The molecule has 0 fully saturated rings. The molecule has 4 heteroatoms. The van der Waals surface area contributed by atoms with E-state index in [0.29, 0.717) is 17.5 Å². The van der Waals surface area contributed by atoms with Crippen LogP contribution in [0.25, 0.3) is 111 Å². The van der Waals surface area contributed by atoms with Gasteiger partial charge in [0.05, 0.1) is 0 Å². The van der Waals surface area contributed by atoms with Crippen LogP contribution in [0.5, 0.6) is 0 Å². The molecule has 1 aliphatic rings. The van der Waals surface area contributed by atoms with Gasteiger partial charge in [0.2, 0.25) is 0 Å². The van der Waals surface area contributed by atoms with Crippen molar-refractivity contribution in [3.05, 3.63) is 152 Å². The smallest absolute Gasteiger partial charge is 0.164 e. The van der Waals surface area contributed by atoms with Crippen molar-refractivity contribution in [2.75, 3.05) is 0 Å². The molecule has 8 aromatic carbocycles. The Hall–Kier alpha value is -6.65. The molecule has 0 saturated carbocycles. The largest absolute Gasteiger partial charge is 0.455 e. The first-order valence-electron chi connectivity index (χ1n) is 16.5. The molecule has 0 spiro atoms. The van der Waals surface area contributed by atoms with E-state index in [4.69, 9.17) is 19.4 Å². The van der Waals surface area contributed by atoms with Crippen LogP contribution in [-0.4, -0.2) is 15.0 Å². The molecular formula is C45H25N3O. The number of furan rings is 1. The van der Waals surface area contributed by atoms with E-state index in [1.807, 2.05) is 30.3 Å². The van der Waals surface area contributed by atoms with Crippen LogP contribution in [0.4, 0.5) is 0 Å². The summed E-state index contributed by atoms with van der Waals surface area (Å²) in [5, 5.41) is 9.04. The van der Waals surface area contributed by atoms with Gasteiger partial charge in [-0.1, -0.05) is 133 Å². The van der Waals surface area contributed by atoms with Gasteiger partial charge in [0.1, 0.15) is 11.2 Å². The van der Waals surface area contributed by atoms with Gasteiger partial charge in [0, 0.05) is 32.8 Å². The summed E-state index contributed by atoms with van der Waals surface area (Å²) in [6, 6.07) is 53.1. The zero-order valence-corrected chi connectivity index (χ0v) is 26.2. The van der Waals surface area contributed by atoms with Crippen molar-refractivity contribution in [3.63, 3.8) is 0 Å². The van der Waals surface area contributed by atoms with Gasteiger partial charge in [-0.3, -0.25) is 0 Å². The van der Waals surface area contributed by atoms with E-state index in [-0.39, 0.29) is 0 Å². The highest BCUT2D eigenvalue weighted by molar-refractivity contribution is 6.25. The second-order valence-electron chi connectivity index (χ2n) is 12.7. The molecule has 0 saturated heterocycles. The first-order valence-corrected chi connectivity index (χ1v) is 16.5. The molecule has 49 heavy (non-hydrogen) atoms. The molecule has 0 bridgehead atoms. The molecule has 0 amide bonds. The average molecular weight is 624 g/mol. The Morgan fingerprint density at radius 1 is 0.327 bits per heavy atom. The molecule has 0 aliphatic heterocycles. The molecule has 226 valence electrons. The van der Waals surface area contributed by atoms with Gasteiger partial charge in [0.15, 0.2) is 17.5 Å². The van der Waals surface area contributed by atoms with Crippen LogP contribution in [0.1, 0.15) is 0 Å². The summed E-state index contributed by atoms with van der Waals surface area (Å²) in [6.45, 7) is 0. The van der Waals surface area contributed by atoms with E-state index in [1.165, 1.54) is 38.4 Å². The van der Waals surface area contributed by atoms with Gasteiger partial charge >= 0.3 is 0 Å². The van der Waals surface area contributed by atoms with Gasteiger partial charge in [0.25, 0.3) is 0 Å². The molecule has 2 heterocycles. The van der Waals surface area contributed by atoms with E-state index in [0.717, 1.165) is 54.8 Å². The zero-order valence-electron chi connectivity index (χ0n) is 26.2. The lowest BCUT2D eigenvalue weighted by molar-refractivity contribution is 0.673. The summed E-state index contributed by atoms with van der Waals surface area (Å²) in [6.07, 6.45) is 0. The van der Waals surface area contributed by atoms with Crippen molar-refractivity contribution in [2.45, 2.75) is 0 Å². The number of benzene rings is 8. The maximum atomic E-state index is 6.72. The number of hydrogen-bond donors (Lipinski definition) is 0. The fourth-order valence-corrected chi connectivity index (χ4v) is 7.89. The molecule has 2 aromatic heterocycles. The summed E-state index contributed by atoms with van der Waals surface area (Å²) in [5.74, 6) is 1.89.